The van der Waals surface area contributed by atoms with Crippen LogP contribution in [0, 0.1) is 0 Å². The quantitative estimate of drug-likeness (QED) is 0.449. The van der Waals surface area contributed by atoms with Crippen molar-refractivity contribution in [3.63, 3.8) is 0 Å². The Kier molecular flexibility index (Phi) is 4.79. The molecule has 1 amide bonds. The summed E-state index contributed by atoms with van der Waals surface area (Å²) in [4.78, 5) is 11.3. The monoisotopic (exact) mass is 222 g/mol. The second-order valence-corrected chi connectivity index (χ2v) is 3.52. The van der Waals surface area contributed by atoms with Gasteiger partial charge in [-0.25, -0.2) is 5.84 Å². The fourth-order valence-electron chi connectivity index (χ4n) is 1.38. The maximum atomic E-state index is 11.3. The van der Waals surface area contributed by atoms with E-state index in [-0.39, 0.29) is 5.91 Å². The van der Waals surface area contributed by atoms with E-state index in [1.165, 1.54) is 5.56 Å². The highest BCUT2D eigenvalue weighted by atomic mass is 16.5. The number of amides is 1. The van der Waals surface area contributed by atoms with E-state index in [2.05, 4.69) is 12.3 Å². The Morgan fingerprint density at radius 3 is 2.44 bits per heavy atom. The molecule has 0 bridgehead atoms. The van der Waals surface area contributed by atoms with Crippen LogP contribution in [0.2, 0.25) is 0 Å². The number of nitrogens with two attached hydrogens (primary N) is 1. The van der Waals surface area contributed by atoms with Crippen molar-refractivity contribution in [1.82, 2.24) is 5.43 Å². The van der Waals surface area contributed by atoms with Crippen molar-refractivity contribution in [3.05, 3.63) is 29.8 Å². The molecule has 88 valence electrons. The largest absolute Gasteiger partial charge is 0.481 e. The van der Waals surface area contributed by atoms with Gasteiger partial charge in [0.05, 0.1) is 0 Å². The Morgan fingerprint density at radius 1 is 1.38 bits per heavy atom. The number of carbonyl (C=O) groups excluding carboxylic acids is 1. The molecular formula is C12H18N2O2. The first-order chi connectivity index (χ1) is 7.71. The Hall–Kier alpha value is -1.55. The zero-order valence-electron chi connectivity index (χ0n) is 9.69. The average molecular weight is 222 g/mol. The van der Waals surface area contributed by atoms with E-state index in [0.29, 0.717) is 12.2 Å². The summed E-state index contributed by atoms with van der Waals surface area (Å²) in [7, 11) is 0. The zero-order valence-corrected chi connectivity index (χ0v) is 9.69. The predicted molar refractivity (Wildman–Crippen MR) is 62.9 cm³/mol. The van der Waals surface area contributed by atoms with Crippen LogP contribution in [0.15, 0.2) is 24.3 Å². The van der Waals surface area contributed by atoms with Crippen LogP contribution in [0.3, 0.4) is 0 Å². The molecule has 0 spiro atoms. The third kappa shape index (κ3) is 3.24. The van der Waals surface area contributed by atoms with Crippen LogP contribution in [-0.4, -0.2) is 12.0 Å². The molecule has 0 aliphatic carbocycles. The normalized spacial score (nSPS) is 11.9. The fraction of sp³-hybridized carbons (Fsp3) is 0.417. The van der Waals surface area contributed by atoms with Gasteiger partial charge in [0.2, 0.25) is 0 Å². The molecule has 0 saturated heterocycles. The molecule has 1 unspecified atom stereocenters. The minimum Gasteiger partial charge on any atom is -0.481 e. The molecule has 0 aromatic heterocycles. The lowest BCUT2D eigenvalue weighted by Crippen LogP contribution is -2.41. The Morgan fingerprint density at radius 2 is 2.00 bits per heavy atom. The van der Waals surface area contributed by atoms with Gasteiger partial charge >= 0.3 is 0 Å². The smallest absolute Gasteiger partial charge is 0.274 e. The molecule has 0 radical (unpaired) electrons. The number of hydrazine groups is 1. The van der Waals surface area contributed by atoms with E-state index in [1.54, 1.807) is 0 Å². The van der Waals surface area contributed by atoms with Gasteiger partial charge in [0.15, 0.2) is 6.10 Å². The molecule has 0 aliphatic heterocycles. The molecule has 16 heavy (non-hydrogen) atoms. The van der Waals surface area contributed by atoms with Crippen molar-refractivity contribution in [2.45, 2.75) is 32.8 Å². The SMILES string of the molecule is CCc1ccc(OC(CC)C(=O)NN)cc1. The van der Waals surface area contributed by atoms with Crippen molar-refractivity contribution < 1.29 is 9.53 Å². The van der Waals surface area contributed by atoms with Crippen molar-refractivity contribution in [3.8, 4) is 5.75 Å². The third-order valence-electron chi connectivity index (χ3n) is 2.42. The lowest BCUT2D eigenvalue weighted by Gasteiger charge is -2.15. The van der Waals surface area contributed by atoms with E-state index in [1.807, 2.05) is 31.2 Å². The molecule has 1 aromatic rings. The van der Waals surface area contributed by atoms with Gasteiger partial charge in [-0.2, -0.15) is 0 Å². The molecule has 4 nitrogen and oxygen atoms in total. The molecule has 0 heterocycles. The number of rotatable bonds is 5. The van der Waals surface area contributed by atoms with Gasteiger partial charge in [0.1, 0.15) is 5.75 Å². The number of hydrogen-bond donors (Lipinski definition) is 2. The van der Waals surface area contributed by atoms with Crippen molar-refractivity contribution in [1.29, 1.82) is 0 Å². The van der Waals surface area contributed by atoms with Crippen LogP contribution >= 0.6 is 0 Å². The summed E-state index contributed by atoms with van der Waals surface area (Å²) in [6, 6.07) is 7.71. The highest BCUT2D eigenvalue weighted by Crippen LogP contribution is 2.15. The molecular weight excluding hydrogens is 204 g/mol. The van der Waals surface area contributed by atoms with Crippen molar-refractivity contribution >= 4 is 5.91 Å². The van der Waals surface area contributed by atoms with E-state index in [9.17, 15) is 4.79 Å². The summed E-state index contributed by atoms with van der Waals surface area (Å²) >= 11 is 0. The molecule has 0 aliphatic rings. The second kappa shape index (κ2) is 6.12. The van der Waals surface area contributed by atoms with Gasteiger partial charge in [0.25, 0.3) is 5.91 Å². The number of carbonyl (C=O) groups is 1. The van der Waals surface area contributed by atoms with Gasteiger partial charge in [0, 0.05) is 0 Å². The molecule has 0 saturated carbocycles. The van der Waals surface area contributed by atoms with Crippen LogP contribution < -0.4 is 16.0 Å². The molecule has 3 N–H and O–H groups in total. The lowest BCUT2D eigenvalue weighted by atomic mass is 10.2. The molecule has 1 atom stereocenters. The second-order valence-electron chi connectivity index (χ2n) is 3.52. The number of aryl methyl sites for hydroxylation is 1. The first-order valence-corrected chi connectivity index (χ1v) is 5.47. The Bertz CT molecular complexity index is 335. The van der Waals surface area contributed by atoms with E-state index < -0.39 is 6.10 Å². The summed E-state index contributed by atoms with van der Waals surface area (Å²) in [6.45, 7) is 3.97. The van der Waals surface area contributed by atoms with E-state index >= 15 is 0 Å². The van der Waals surface area contributed by atoms with Crippen LogP contribution in [-0.2, 0) is 11.2 Å². The van der Waals surface area contributed by atoms with E-state index in [0.717, 1.165) is 6.42 Å². The Balaban J connectivity index is 2.66. The summed E-state index contributed by atoms with van der Waals surface area (Å²) in [5, 5.41) is 0. The molecule has 0 fully saturated rings. The third-order valence-corrected chi connectivity index (χ3v) is 2.42. The summed E-state index contributed by atoms with van der Waals surface area (Å²) < 4.78 is 5.52. The summed E-state index contributed by atoms with van der Waals surface area (Å²) in [5.41, 5.74) is 3.33. The number of hydrogen-bond acceptors (Lipinski definition) is 3. The number of nitrogens with one attached hydrogen (secondary N) is 1. The van der Waals surface area contributed by atoms with E-state index in [4.69, 9.17) is 10.6 Å². The molecule has 4 heteroatoms. The van der Waals surface area contributed by atoms with Gasteiger partial charge in [-0.05, 0) is 30.5 Å². The number of benzene rings is 1. The maximum absolute atomic E-state index is 11.3. The molecule has 1 rings (SSSR count). The average Bonchev–Trinajstić information content (AvgIpc) is 2.35. The first kappa shape index (κ1) is 12.5. The summed E-state index contributed by atoms with van der Waals surface area (Å²) in [6.07, 6.45) is 1.04. The van der Waals surface area contributed by atoms with Gasteiger partial charge in [-0.3, -0.25) is 10.2 Å². The molecule has 1 aromatic carbocycles. The highest BCUT2D eigenvalue weighted by molar-refractivity contribution is 5.80. The Labute approximate surface area is 95.8 Å². The topological polar surface area (TPSA) is 64.3 Å². The predicted octanol–water partition coefficient (Wildman–Crippen LogP) is 1.40. The summed E-state index contributed by atoms with van der Waals surface area (Å²) in [5.74, 6) is 5.45. The minimum absolute atomic E-state index is 0.304. The van der Waals surface area contributed by atoms with Crippen LogP contribution in [0.5, 0.6) is 5.75 Å². The zero-order chi connectivity index (χ0) is 12.0. The lowest BCUT2D eigenvalue weighted by molar-refractivity contribution is -0.128. The number of ether oxygens (including phenoxy) is 1. The van der Waals surface area contributed by atoms with Crippen LogP contribution in [0.25, 0.3) is 0 Å². The van der Waals surface area contributed by atoms with Gasteiger partial charge in [-0.1, -0.05) is 26.0 Å². The maximum Gasteiger partial charge on any atom is 0.274 e. The van der Waals surface area contributed by atoms with Gasteiger partial charge < -0.3 is 4.74 Å². The standard InChI is InChI=1S/C12H18N2O2/c1-3-9-5-7-10(8-6-9)16-11(4-2)12(15)14-13/h5-8,11H,3-4,13H2,1-2H3,(H,14,15). The van der Waals surface area contributed by atoms with Crippen LogP contribution in [0.4, 0.5) is 0 Å². The highest BCUT2D eigenvalue weighted by Gasteiger charge is 2.16. The minimum atomic E-state index is -0.530. The fourth-order valence-corrected chi connectivity index (χ4v) is 1.38. The van der Waals surface area contributed by atoms with Crippen LogP contribution in [0.1, 0.15) is 25.8 Å². The first-order valence-electron chi connectivity index (χ1n) is 5.47. The van der Waals surface area contributed by atoms with Gasteiger partial charge in [-0.15, -0.1) is 0 Å². The van der Waals surface area contributed by atoms with Crippen molar-refractivity contribution in [2.75, 3.05) is 0 Å². The van der Waals surface area contributed by atoms with Crippen molar-refractivity contribution in [2.24, 2.45) is 5.84 Å².